The highest BCUT2D eigenvalue weighted by atomic mass is 35.5. The molecule has 0 fully saturated rings. The fraction of sp³-hybridized carbons (Fsp3) is 0.545. The summed E-state index contributed by atoms with van der Waals surface area (Å²) >= 11 is 6.03. The van der Waals surface area contributed by atoms with E-state index in [9.17, 15) is 0 Å². The van der Waals surface area contributed by atoms with Crippen molar-refractivity contribution in [2.24, 2.45) is 5.92 Å². The van der Waals surface area contributed by atoms with Crippen molar-refractivity contribution in [2.45, 2.75) is 20.3 Å². The molecule has 5 heteroatoms. The summed E-state index contributed by atoms with van der Waals surface area (Å²) in [7, 11) is 0. The van der Waals surface area contributed by atoms with Crippen LogP contribution in [0.4, 0.5) is 5.82 Å². The third-order valence-corrected chi connectivity index (χ3v) is 2.29. The van der Waals surface area contributed by atoms with E-state index in [4.69, 9.17) is 16.9 Å². The second-order valence-electron chi connectivity index (χ2n) is 3.94. The third kappa shape index (κ3) is 3.67. The maximum atomic E-state index is 8.62. The minimum Gasteiger partial charge on any atom is -0.354 e. The zero-order chi connectivity index (χ0) is 12.0. The lowest BCUT2D eigenvalue weighted by Crippen LogP contribution is -2.29. The van der Waals surface area contributed by atoms with Gasteiger partial charge in [0.25, 0.3) is 0 Å². The Morgan fingerprint density at radius 3 is 2.88 bits per heavy atom. The molecular weight excluding hydrogens is 224 g/mol. The Morgan fingerprint density at radius 2 is 2.31 bits per heavy atom. The Labute approximate surface area is 101 Å². The molecule has 0 N–H and O–H groups in total. The van der Waals surface area contributed by atoms with Gasteiger partial charge in [0.1, 0.15) is 11.3 Å². The normalized spacial score (nSPS) is 10.2. The molecule has 0 aromatic carbocycles. The Kier molecular flexibility index (Phi) is 5.00. The minimum absolute atomic E-state index is 0.465. The molecule has 1 aromatic heterocycles. The summed E-state index contributed by atoms with van der Waals surface area (Å²) < 4.78 is 0. The fourth-order valence-electron chi connectivity index (χ4n) is 1.45. The van der Waals surface area contributed by atoms with E-state index in [0.717, 1.165) is 6.54 Å². The minimum atomic E-state index is 0.465. The number of nitriles is 1. The van der Waals surface area contributed by atoms with Gasteiger partial charge in [0.05, 0.1) is 18.7 Å². The van der Waals surface area contributed by atoms with Crippen LogP contribution < -0.4 is 4.90 Å². The molecule has 4 nitrogen and oxygen atoms in total. The van der Waals surface area contributed by atoms with Gasteiger partial charge < -0.3 is 4.90 Å². The van der Waals surface area contributed by atoms with Gasteiger partial charge >= 0.3 is 0 Å². The highest BCUT2D eigenvalue weighted by molar-refractivity contribution is 6.32. The molecule has 0 aliphatic heterocycles. The van der Waals surface area contributed by atoms with Crippen LogP contribution >= 0.6 is 11.6 Å². The molecule has 0 aliphatic rings. The lowest BCUT2D eigenvalue weighted by molar-refractivity contribution is 0.607. The number of halogens is 1. The van der Waals surface area contributed by atoms with E-state index < -0.39 is 0 Å². The quantitative estimate of drug-likeness (QED) is 0.791. The lowest BCUT2D eigenvalue weighted by atomic mass is 10.2. The number of anilines is 1. The summed E-state index contributed by atoms with van der Waals surface area (Å²) in [4.78, 5) is 10.0. The smallest absolute Gasteiger partial charge is 0.150 e. The van der Waals surface area contributed by atoms with E-state index in [0.29, 0.717) is 29.7 Å². The van der Waals surface area contributed by atoms with E-state index in [2.05, 4.69) is 29.9 Å². The molecule has 16 heavy (non-hydrogen) atoms. The van der Waals surface area contributed by atoms with Gasteiger partial charge in [0.15, 0.2) is 5.82 Å². The predicted molar refractivity (Wildman–Crippen MR) is 64.3 cm³/mol. The number of hydrogen-bond donors (Lipinski definition) is 0. The summed E-state index contributed by atoms with van der Waals surface area (Å²) in [6.45, 7) is 5.72. The number of nitrogens with zero attached hydrogens (tertiary/aromatic N) is 4. The van der Waals surface area contributed by atoms with Crippen molar-refractivity contribution in [2.75, 3.05) is 18.0 Å². The number of aromatic nitrogens is 2. The van der Waals surface area contributed by atoms with Crippen LogP contribution in [0.3, 0.4) is 0 Å². The topological polar surface area (TPSA) is 52.8 Å². The second-order valence-corrected chi connectivity index (χ2v) is 4.35. The van der Waals surface area contributed by atoms with E-state index in [1.807, 2.05) is 4.90 Å². The molecule has 0 saturated carbocycles. The molecule has 0 aliphatic carbocycles. The van der Waals surface area contributed by atoms with Gasteiger partial charge in [-0.15, -0.1) is 0 Å². The summed E-state index contributed by atoms with van der Waals surface area (Å²) in [6.07, 6.45) is 3.51. The van der Waals surface area contributed by atoms with Gasteiger partial charge in [-0.3, -0.25) is 0 Å². The molecule has 1 heterocycles. The van der Waals surface area contributed by atoms with Crippen LogP contribution in [0.5, 0.6) is 0 Å². The first-order valence-electron chi connectivity index (χ1n) is 5.22. The van der Waals surface area contributed by atoms with E-state index in [1.54, 1.807) is 6.20 Å². The highest BCUT2D eigenvalue weighted by Gasteiger charge is 2.12. The van der Waals surface area contributed by atoms with Crippen molar-refractivity contribution in [3.05, 3.63) is 17.5 Å². The standard InChI is InChI=1S/C11H15ClN4/c1-9(2)7-16(5-3-4-13)11-10(12)6-14-8-15-11/h6,8-9H,3,5,7H2,1-2H3. The van der Waals surface area contributed by atoms with Gasteiger partial charge in [0.2, 0.25) is 0 Å². The van der Waals surface area contributed by atoms with Crippen LogP contribution in [0.1, 0.15) is 20.3 Å². The van der Waals surface area contributed by atoms with Crippen LogP contribution in [0.2, 0.25) is 5.02 Å². The average molecular weight is 239 g/mol. The Bertz CT molecular complexity index is 372. The summed E-state index contributed by atoms with van der Waals surface area (Å²) in [5, 5.41) is 9.15. The first-order chi connectivity index (χ1) is 7.65. The van der Waals surface area contributed by atoms with Crippen molar-refractivity contribution in [1.82, 2.24) is 9.97 Å². The molecule has 0 bridgehead atoms. The van der Waals surface area contributed by atoms with Gasteiger partial charge in [0, 0.05) is 13.1 Å². The van der Waals surface area contributed by atoms with Gasteiger partial charge in [-0.05, 0) is 5.92 Å². The van der Waals surface area contributed by atoms with Crippen molar-refractivity contribution >= 4 is 17.4 Å². The van der Waals surface area contributed by atoms with Crippen molar-refractivity contribution < 1.29 is 0 Å². The van der Waals surface area contributed by atoms with Crippen LogP contribution in [0.25, 0.3) is 0 Å². The molecule has 0 atom stereocenters. The lowest BCUT2D eigenvalue weighted by Gasteiger charge is -2.25. The van der Waals surface area contributed by atoms with Crippen molar-refractivity contribution in [3.8, 4) is 6.07 Å². The second kappa shape index (κ2) is 6.29. The number of hydrogen-bond acceptors (Lipinski definition) is 4. The molecule has 1 rings (SSSR count). The zero-order valence-corrected chi connectivity index (χ0v) is 10.3. The molecule has 0 spiro atoms. The molecule has 0 amide bonds. The summed E-state index contributed by atoms with van der Waals surface area (Å²) in [6, 6.07) is 2.13. The molecule has 1 aromatic rings. The Balaban J connectivity index is 2.83. The maximum Gasteiger partial charge on any atom is 0.150 e. The van der Waals surface area contributed by atoms with Crippen LogP contribution in [0.15, 0.2) is 12.5 Å². The first kappa shape index (κ1) is 12.7. The zero-order valence-electron chi connectivity index (χ0n) is 9.52. The molecule has 0 saturated heterocycles. The Hall–Kier alpha value is -1.34. The van der Waals surface area contributed by atoms with Gasteiger partial charge in [-0.25, -0.2) is 9.97 Å². The summed E-state index contributed by atoms with van der Waals surface area (Å²) in [5.74, 6) is 1.20. The van der Waals surface area contributed by atoms with E-state index in [-0.39, 0.29) is 0 Å². The van der Waals surface area contributed by atoms with E-state index >= 15 is 0 Å². The van der Waals surface area contributed by atoms with Crippen LogP contribution in [-0.2, 0) is 0 Å². The monoisotopic (exact) mass is 238 g/mol. The third-order valence-electron chi connectivity index (χ3n) is 2.03. The summed E-state index contributed by atoms with van der Waals surface area (Å²) in [5.41, 5.74) is 0. The molecule has 86 valence electrons. The largest absolute Gasteiger partial charge is 0.354 e. The number of rotatable bonds is 5. The van der Waals surface area contributed by atoms with Gasteiger partial charge in [-0.2, -0.15) is 5.26 Å². The maximum absolute atomic E-state index is 8.62. The molecular formula is C11H15ClN4. The average Bonchev–Trinajstić information content (AvgIpc) is 2.24. The highest BCUT2D eigenvalue weighted by Crippen LogP contribution is 2.22. The van der Waals surface area contributed by atoms with Crippen molar-refractivity contribution in [1.29, 1.82) is 5.26 Å². The Morgan fingerprint density at radius 1 is 1.56 bits per heavy atom. The predicted octanol–water partition coefficient (Wildman–Crippen LogP) is 2.51. The fourth-order valence-corrected chi connectivity index (χ4v) is 1.67. The molecule has 0 unspecified atom stereocenters. The SMILES string of the molecule is CC(C)CN(CCC#N)c1ncncc1Cl. The van der Waals surface area contributed by atoms with Gasteiger partial charge in [-0.1, -0.05) is 25.4 Å². The van der Waals surface area contributed by atoms with Crippen LogP contribution in [0, 0.1) is 17.2 Å². The van der Waals surface area contributed by atoms with Crippen molar-refractivity contribution in [3.63, 3.8) is 0 Å². The van der Waals surface area contributed by atoms with Crippen LogP contribution in [-0.4, -0.2) is 23.1 Å². The first-order valence-corrected chi connectivity index (χ1v) is 5.60. The van der Waals surface area contributed by atoms with E-state index in [1.165, 1.54) is 6.33 Å². The molecule has 0 radical (unpaired) electrons.